The quantitative estimate of drug-likeness (QED) is 0.264. The van der Waals surface area contributed by atoms with Crippen molar-refractivity contribution in [2.24, 2.45) is 0 Å². The lowest BCUT2D eigenvalue weighted by Crippen LogP contribution is -2.29. The summed E-state index contributed by atoms with van der Waals surface area (Å²) in [5.74, 6) is -5.92. The summed E-state index contributed by atoms with van der Waals surface area (Å²) in [5.41, 5.74) is 0. The van der Waals surface area contributed by atoms with Crippen molar-refractivity contribution in [1.29, 1.82) is 0 Å². The van der Waals surface area contributed by atoms with Gasteiger partial charge in [0.1, 0.15) is 48.8 Å². The molecule has 272 valence electrons. The summed E-state index contributed by atoms with van der Waals surface area (Å²) in [6.45, 7) is 11.7. The Morgan fingerprint density at radius 2 is 0.333 bits per heavy atom. The fourth-order valence-corrected chi connectivity index (χ4v) is 4.39. The predicted molar refractivity (Wildman–Crippen MR) is 161 cm³/mol. The Kier molecular flexibility index (Phi) is 18.2. The molecule has 1 rings (SSSR count). The van der Waals surface area contributed by atoms with Gasteiger partial charge in [-0.15, -0.1) is 0 Å². The Morgan fingerprint density at radius 3 is 0.417 bits per heavy atom. The number of carbonyl (C=O) groups excluding carboxylic acids is 8. The molecule has 8 atom stereocenters. The number of rotatable bonds is 0. The molecular weight excluding hydrogens is 640 g/mol. The van der Waals surface area contributed by atoms with Gasteiger partial charge in [-0.2, -0.15) is 0 Å². The lowest BCUT2D eigenvalue weighted by molar-refractivity contribution is -0.162. The van der Waals surface area contributed by atoms with Gasteiger partial charge in [0.15, 0.2) is 0 Å². The van der Waals surface area contributed by atoms with Crippen LogP contribution < -0.4 is 0 Å². The molecule has 0 radical (unpaired) electrons. The zero-order chi connectivity index (χ0) is 36.6. The highest BCUT2D eigenvalue weighted by Crippen LogP contribution is 2.13. The van der Waals surface area contributed by atoms with Gasteiger partial charge < -0.3 is 37.9 Å². The number of hydrogen-bond acceptors (Lipinski definition) is 16. The second-order valence-electron chi connectivity index (χ2n) is 12.0. The molecular formula is C32H48O16. The van der Waals surface area contributed by atoms with Crippen LogP contribution in [0.3, 0.4) is 0 Å². The van der Waals surface area contributed by atoms with Crippen molar-refractivity contribution < 1.29 is 76.3 Å². The summed E-state index contributed by atoms with van der Waals surface area (Å²) < 4.78 is 41.5. The molecule has 1 unspecified atom stereocenters. The van der Waals surface area contributed by atoms with Gasteiger partial charge in [-0.1, -0.05) is 0 Å². The molecule has 0 aliphatic carbocycles. The van der Waals surface area contributed by atoms with Crippen molar-refractivity contribution in [1.82, 2.24) is 0 Å². The van der Waals surface area contributed by atoms with E-state index in [1.54, 1.807) is 0 Å². The minimum absolute atomic E-state index is 0.313. The minimum atomic E-state index is -0.888. The monoisotopic (exact) mass is 688 g/mol. The lowest BCUT2D eigenvalue weighted by atomic mass is 10.2. The van der Waals surface area contributed by atoms with E-state index in [9.17, 15) is 38.4 Å². The van der Waals surface area contributed by atoms with Crippen LogP contribution in [-0.2, 0) is 76.3 Å². The first-order chi connectivity index (χ1) is 22.3. The van der Waals surface area contributed by atoms with Crippen molar-refractivity contribution >= 4 is 47.8 Å². The molecule has 0 aromatic carbocycles. The van der Waals surface area contributed by atoms with E-state index < -0.39 is 96.6 Å². The van der Waals surface area contributed by atoms with E-state index in [0.717, 1.165) is 0 Å². The van der Waals surface area contributed by atoms with E-state index in [4.69, 9.17) is 37.9 Å². The topological polar surface area (TPSA) is 210 Å². The molecule has 0 saturated carbocycles. The second kappa shape index (κ2) is 20.9. The highest BCUT2D eigenvalue weighted by Gasteiger charge is 2.26. The summed E-state index contributed by atoms with van der Waals surface area (Å²) in [4.78, 5) is 98.3. The van der Waals surface area contributed by atoms with Crippen molar-refractivity contribution in [2.45, 2.75) is 156 Å². The molecule has 1 aliphatic heterocycles. The highest BCUT2D eigenvalue weighted by atomic mass is 16.6. The molecule has 0 aromatic rings. The Morgan fingerprint density at radius 1 is 0.250 bits per heavy atom. The van der Waals surface area contributed by atoms with Gasteiger partial charge in [-0.3, -0.25) is 38.4 Å². The molecule has 0 aromatic heterocycles. The molecule has 48 heavy (non-hydrogen) atoms. The smallest absolute Gasteiger partial charge is 0.309 e. The van der Waals surface area contributed by atoms with Crippen LogP contribution in [0.15, 0.2) is 0 Å². The lowest BCUT2D eigenvalue weighted by Gasteiger charge is -2.20. The van der Waals surface area contributed by atoms with Crippen LogP contribution in [-0.4, -0.2) is 96.6 Å². The van der Waals surface area contributed by atoms with E-state index in [-0.39, 0.29) is 51.4 Å². The van der Waals surface area contributed by atoms with Gasteiger partial charge in [-0.25, -0.2) is 0 Å². The Labute approximate surface area is 279 Å². The number of cyclic esters (lactones) is 8. The largest absolute Gasteiger partial charge is 0.462 e. The van der Waals surface area contributed by atoms with Crippen LogP contribution in [0.4, 0.5) is 0 Å². The zero-order valence-corrected chi connectivity index (χ0v) is 28.8. The number of hydrogen-bond donors (Lipinski definition) is 0. The minimum Gasteiger partial charge on any atom is -0.462 e. The first kappa shape index (κ1) is 41.8. The van der Waals surface area contributed by atoms with E-state index in [0.29, 0.717) is 0 Å². The molecule has 0 amide bonds. The standard InChI is InChI=1S/C32H48O16/c1-17-9-25(33)42-19(3)11-27(35)44-21(5)13-29(37)46-23(7)15-31(39)48-24(8)16-32(40)47-22(6)14-30(38)45-20(4)12-28(36)43-18(2)10-26(34)41-17/h17-24H,9-16H2,1-8H3/t17-,18-,19-,20+,21+,22-,23-,24?/m0/s1. The fraction of sp³-hybridized carbons (Fsp3) is 0.750. The van der Waals surface area contributed by atoms with Crippen molar-refractivity contribution in [3.63, 3.8) is 0 Å². The van der Waals surface area contributed by atoms with Crippen molar-refractivity contribution in [3.8, 4) is 0 Å². The van der Waals surface area contributed by atoms with E-state index in [1.165, 1.54) is 55.4 Å². The van der Waals surface area contributed by atoms with Crippen molar-refractivity contribution in [3.05, 3.63) is 0 Å². The Hall–Kier alpha value is -4.24. The van der Waals surface area contributed by atoms with Gasteiger partial charge >= 0.3 is 47.8 Å². The maximum atomic E-state index is 12.3. The zero-order valence-electron chi connectivity index (χ0n) is 28.8. The second-order valence-corrected chi connectivity index (χ2v) is 12.0. The maximum absolute atomic E-state index is 12.3. The fourth-order valence-electron chi connectivity index (χ4n) is 4.39. The van der Waals surface area contributed by atoms with Crippen LogP contribution in [0.25, 0.3) is 0 Å². The number of esters is 8. The van der Waals surface area contributed by atoms with Gasteiger partial charge in [-0.05, 0) is 55.4 Å². The third-order valence-electron chi connectivity index (χ3n) is 6.29. The molecule has 0 N–H and O–H groups in total. The van der Waals surface area contributed by atoms with Crippen LogP contribution in [0.5, 0.6) is 0 Å². The molecule has 0 bridgehead atoms. The molecule has 16 nitrogen and oxygen atoms in total. The van der Waals surface area contributed by atoms with Gasteiger partial charge in [0, 0.05) is 0 Å². The van der Waals surface area contributed by atoms with E-state index in [2.05, 4.69) is 0 Å². The molecule has 16 heteroatoms. The van der Waals surface area contributed by atoms with E-state index >= 15 is 0 Å². The SMILES string of the molecule is CC1CC(=O)O[C@@H](C)CC(=O)O[C@H](C)CC(=O)O[C@@H](C)CC(=O)O[C@@H](C)CC(=O)O[C@@H](C)CC(=O)O[C@H](C)CC(=O)O[C@@H](C)CC(=O)O1. The molecule has 1 saturated heterocycles. The van der Waals surface area contributed by atoms with Crippen molar-refractivity contribution in [2.75, 3.05) is 0 Å². The first-order valence-electron chi connectivity index (χ1n) is 15.9. The third-order valence-corrected chi connectivity index (χ3v) is 6.29. The average Bonchev–Trinajstić information content (AvgIpc) is 2.85. The molecule has 1 fully saturated rings. The molecule has 0 spiro atoms. The normalized spacial score (nSPS) is 31.5. The number of carbonyl (C=O) groups is 8. The first-order valence-corrected chi connectivity index (χ1v) is 15.9. The van der Waals surface area contributed by atoms with Crippen LogP contribution in [0.1, 0.15) is 107 Å². The Bertz CT molecular complexity index is 821. The van der Waals surface area contributed by atoms with Crippen LogP contribution >= 0.6 is 0 Å². The van der Waals surface area contributed by atoms with Crippen LogP contribution in [0.2, 0.25) is 0 Å². The Balaban J connectivity index is 2.87. The van der Waals surface area contributed by atoms with Gasteiger partial charge in [0.25, 0.3) is 0 Å². The molecule has 1 heterocycles. The summed E-state index contributed by atoms with van der Waals surface area (Å²) in [7, 11) is 0. The summed E-state index contributed by atoms with van der Waals surface area (Å²) in [6.07, 6.45) is -9.61. The highest BCUT2D eigenvalue weighted by molar-refractivity contribution is 5.77. The van der Waals surface area contributed by atoms with Gasteiger partial charge in [0.05, 0.1) is 51.4 Å². The van der Waals surface area contributed by atoms with E-state index in [1.807, 2.05) is 0 Å². The average molecular weight is 689 g/mol. The van der Waals surface area contributed by atoms with Gasteiger partial charge in [0.2, 0.25) is 0 Å². The summed E-state index contributed by atoms with van der Waals surface area (Å²) in [5, 5.41) is 0. The summed E-state index contributed by atoms with van der Waals surface area (Å²) >= 11 is 0. The number of ether oxygens (including phenoxy) is 8. The maximum Gasteiger partial charge on any atom is 0.309 e. The third kappa shape index (κ3) is 19.4. The molecule has 1 aliphatic rings. The summed E-state index contributed by atoms with van der Waals surface area (Å²) in [6, 6.07) is 0. The van der Waals surface area contributed by atoms with Crippen LogP contribution in [0, 0.1) is 0 Å². The predicted octanol–water partition coefficient (Wildman–Crippen LogP) is 2.57.